The fourth-order valence-electron chi connectivity index (χ4n) is 2.25. The highest BCUT2D eigenvalue weighted by molar-refractivity contribution is 5.96. The van der Waals surface area contributed by atoms with Gasteiger partial charge in [-0.05, 0) is 37.3 Å². The van der Waals surface area contributed by atoms with E-state index in [1.54, 1.807) is 0 Å². The fraction of sp³-hybridized carbons (Fsp3) is 0.562. The molecule has 3 N–H and O–H groups in total. The first kappa shape index (κ1) is 15.7. The minimum atomic E-state index is -0.0433. The van der Waals surface area contributed by atoms with Gasteiger partial charge in [-0.1, -0.05) is 39.0 Å². The summed E-state index contributed by atoms with van der Waals surface area (Å²) in [6.45, 7) is 10.3. The molecule has 3 heteroatoms. The average molecular weight is 262 g/mol. The molecule has 0 aliphatic rings. The Labute approximate surface area is 116 Å². The first-order valence-corrected chi connectivity index (χ1v) is 6.87. The molecule has 106 valence electrons. The summed E-state index contributed by atoms with van der Waals surface area (Å²) in [6, 6.07) is 7.96. The van der Waals surface area contributed by atoms with E-state index < -0.39 is 0 Å². The molecule has 1 aromatic carbocycles. The topological polar surface area (TPSA) is 55.1 Å². The molecule has 0 saturated heterocycles. The van der Waals surface area contributed by atoms with E-state index in [1.807, 2.05) is 38.1 Å². The van der Waals surface area contributed by atoms with Crippen LogP contribution in [-0.4, -0.2) is 18.0 Å². The molecule has 0 aliphatic carbocycles. The van der Waals surface area contributed by atoms with Crippen LogP contribution in [-0.2, 0) is 5.41 Å². The molecule has 1 amide bonds. The number of amides is 1. The van der Waals surface area contributed by atoms with Crippen LogP contribution in [0.15, 0.2) is 24.3 Å². The lowest BCUT2D eigenvalue weighted by Crippen LogP contribution is -2.37. The zero-order valence-corrected chi connectivity index (χ0v) is 12.7. The summed E-state index contributed by atoms with van der Waals surface area (Å²) in [5.74, 6) is -0.0151. The number of hydrogen-bond donors (Lipinski definition) is 2. The van der Waals surface area contributed by atoms with Gasteiger partial charge in [0.05, 0.1) is 0 Å². The number of benzene rings is 1. The third kappa shape index (κ3) is 4.67. The molecular weight excluding hydrogens is 236 g/mol. The Morgan fingerprint density at radius 1 is 1.26 bits per heavy atom. The zero-order valence-electron chi connectivity index (χ0n) is 12.7. The highest BCUT2D eigenvalue weighted by Gasteiger charge is 2.21. The second-order valence-corrected chi connectivity index (χ2v) is 6.38. The summed E-state index contributed by atoms with van der Waals surface area (Å²) in [6.07, 6.45) is 0.781. The molecule has 0 aromatic heterocycles. The maximum atomic E-state index is 12.4. The minimum Gasteiger partial charge on any atom is -0.350 e. The monoisotopic (exact) mass is 262 g/mol. The Hall–Kier alpha value is -1.35. The summed E-state index contributed by atoms with van der Waals surface area (Å²) in [5, 5.41) is 3.02. The summed E-state index contributed by atoms with van der Waals surface area (Å²) >= 11 is 0. The van der Waals surface area contributed by atoms with Crippen molar-refractivity contribution in [3.05, 3.63) is 35.4 Å². The molecule has 0 radical (unpaired) electrons. The van der Waals surface area contributed by atoms with Gasteiger partial charge >= 0.3 is 0 Å². The van der Waals surface area contributed by atoms with Crippen molar-refractivity contribution in [3.63, 3.8) is 0 Å². The predicted octanol–water partition coefficient (Wildman–Crippen LogP) is 2.84. The number of nitrogens with one attached hydrogen (secondary N) is 1. The molecule has 0 fully saturated rings. The molecule has 2 atom stereocenters. The van der Waals surface area contributed by atoms with Crippen LogP contribution in [0.1, 0.15) is 57.0 Å². The Bertz CT molecular complexity index is 433. The van der Waals surface area contributed by atoms with Gasteiger partial charge in [0, 0.05) is 17.6 Å². The van der Waals surface area contributed by atoms with Gasteiger partial charge in [-0.25, -0.2) is 0 Å². The van der Waals surface area contributed by atoms with Crippen LogP contribution in [0.25, 0.3) is 0 Å². The maximum absolute atomic E-state index is 12.4. The zero-order chi connectivity index (χ0) is 14.6. The van der Waals surface area contributed by atoms with Crippen molar-refractivity contribution in [2.45, 2.75) is 58.5 Å². The Balaban J connectivity index is 2.89. The molecule has 1 aromatic rings. The van der Waals surface area contributed by atoms with Crippen LogP contribution < -0.4 is 11.1 Å². The molecule has 2 unspecified atom stereocenters. The summed E-state index contributed by atoms with van der Waals surface area (Å²) < 4.78 is 0. The smallest absolute Gasteiger partial charge is 0.251 e. The quantitative estimate of drug-likeness (QED) is 0.876. The van der Waals surface area contributed by atoms with E-state index in [4.69, 9.17) is 5.73 Å². The van der Waals surface area contributed by atoms with Gasteiger partial charge in [-0.3, -0.25) is 4.79 Å². The van der Waals surface area contributed by atoms with E-state index in [9.17, 15) is 4.79 Å². The first-order chi connectivity index (χ1) is 8.71. The van der Waals surface area contributed by atoms with Gasteiger partial charge in [-0.15, -0.1) is 0 Å². The molecule has 3 nitrogen and oxygen atoms in total. The van der Waals surface area contributed by atoms with Gasteiger partial charge in [0.15, 0.2) is 0 Å². The maximum Gasteiger partial charge on any atom is 0.251 e. The van der Waals surface area contributed by atoms with Gasteiger partial charge in [0.2, 0.25) is 0 Å². The van der Waals surface area contributed by atoms with Crippen LogP contribution in [0, 0.1) is 0 Å². The van der Waals surface area contributed by atoms with E-state index in [0.29, 0.717) is 0 Å². The van der Waals surface area contributed by atoms with Crippen LogP contribution >= 0.6 is 0 Å². The third-order valence-corrected chi connectivity index (χ3v) is 3.08. The number of carbonyl (C=O) groups is 1. The predicted molar refractivity (Wildman–Crippen MR) is 80.3 cm³/mol. The third-order valence-electron chi connectivity index (χ3n) is 3.08. The van der Waals surface area contributed by atoms with Crippen LogP contribution in [0.5, 0.6) is 0 Å². The standard InChI is InChI=1S/C16H26N2O/c1-11(17)10-12(2)18-15(19)13-8-6-7-9-14(13)16(3,4)5/h6-9,11-12H,10,17H2,1-5H3,(H,18,19). The second-order valence-electron chi connectivity index (χ2n) is 6.38. The Morgan fingerprint density at radius 3 is 2.37 bits per heavy atom. The molecule has 0 aliphatic heterocycles. The van der Waals surface area contributed by atoms with Gasteiger partial charge in [-0.2, -0.15) is 0 Å². The van der Waals surface area contributed by atoms with Gasteiger partial charge in [0.25, 0.3) is 5.91 Å². The van der Waals surface area contributed by atoms with Crippen LogP contribution in [0.4, 0.5) is 0 Å². The van der Waals surface area contributed by atoms with Gasteiger partial charge < -0.3 is 11.1 Å². The van der Waals surface area contributed by atoms with Crippen molar-refractivity contribution < 1.29 is 4.79 Å². The number of nitrogens with two attached hydrogens (primary N) is 1. The lowest BCUT2D eigenvalue weighted by atomic mass is 9.83. The lowest BCUT2D eigenvalue weighted by molar-refractivity contribution is 0.0935. The average Bonchev–Trinajstić information content (AvgIpc) is 2.26. The molecule has 0 bridgehead atoms. The normalized spacial score (nSPS) is 14.8. The number of hydrogen-bond acceptors (Lipinski definition) is 2. The summed E-state index contributed by atoms with van der Waals surface area (Å²) in [5.41, 5.74) is 7.54. The van der Waals surface area contributed by atoms with E-state index in [1.165, 1.54) is 0 Å². The van der Waals surface area contributed by atoms with E-state index in [-0.39, 0.29) is 23.4 Å². The largest absolute Gasteiger partial charge is 0.350 e. The van der Waals surface area contributed by atoms with E-state index in [0.717, 1.165) is 17.5 Å². The molecule has 19 heavy (non-hydrogen) atoms. The Morgan fingerprint density at radius 2 is 1.84 bits per heavy atom. The molecule has 0 saturated carbocycles. The Kier molecular flexibility index (Phi) is 5.12. The fourth-order valence-corrected chi connectivity index (χ4v) is 2.25. The summed E-state index contributed by atoms with van der Waals surface area (Å²) in [7, 11) is 0. The van der Waals surface area contributed by atoms with Crippen molar-refractivity contribution in [1.82, 2.24) is 5.32 Å². The highest BCUT2D eigenvalue weighted by Crippen LogP contribution is 2.25. The van der Waals surface area contributed by atoms with Crippen molar-refractivity contribution in [1.29, 1.82) is 0 Å². The van der Waals surface area contributed by atoms with Crippen molar-refractivity contribution in [2.24, 2.45) is 5.73 Å². The minimum absolute atomic E-state index is 0.0151. The van der Waals surface area contributed by atoms with Crippen molar-refractivity contribution >= 4 is 5.91 Å². The molecule has 0 spiro atoms. The second kappa shape index (κ2) is 6.20. The van der Waals surface area contributed by atoms with Crippen molar-refractivity contribution in [2.75, 3.05) is 0 Å². The highest BCUT2D eigenvalue weighted by atomic mass is 16.1. The van der Waals surface area contributed by atoms with Gasteiger partial charge in [0.1, 0.15) is 0 Å². The summed E-state index contributed by atoms with van der Waals surface area (Å²) in [4.78, 5) is 12.4. The molecular formula is C16H26N2O. The number of carbonyl (C=O) groups excluding carboxylic acids is 1. The molecule has 1 rings (SSSR count). The van der Waals surface area contributed by atoms with E-state index in [2.05, 4.69) is 26.1 Å². The van der Waals surface area contributed by atoms with E-state index >= 15 is 0 Å². The first-order valence-electron chi connectivity index (χ1n) is 6.87. The number of rotatable bonds is 4. The van der Waals surface area contributed by atoms with Crippen LogP contribution in [0.3, 0.4) is 0 Å². The lowest BCUT2D eigenvalue weighted by Gasteiger charge is -2.23. The van der Waals surface area contributed by atoms with Crippen molar-refractivity contribution in [3.8, 4) is 0 Å². The van der Waals surface area contributed by atoms with Crippen LogP contribution in [0.2, 0.25) is 0 Å². The molecule has 0 heterocycles. The SMILES string of the molecule is CC(N)CC(C)NC(=O)c1ccccc1C(C)(C)C.